The van der Waals surface area contributed by atoms with Crippen molar-refractivity contribution in [2.24, 2.45) is 5.92 Å². The van der Waals surface area contributed by atoms with Gasteiger partial charge in [-0.15, -0.1) is 0 Å². The number of benzene rings is 1. The molecule has 1 amide bonds. The largest absolute Gasteiger partial charge is 0.496 e. The maximum absolute atomic E-state index is 13.1. The number of amides is 1. The number of methoxy groups -OCH3 is 1. The smallest absolute Gasteiger partial charge is 0.260 e. The highest BCUT2D eigenvalue weighted by molar-refractivity contribution is 6.08. The van der Waals surface area contributed by atoms with E-state index < -0.39 is 0 Å². The van der Waals surface area contributed by atoms with Gasteiger partial charge in [0.25, 0.3) is 5.91 Å². The topological polar surface area (TPSA) is 107 Å². The Labute approximate surface area is 178 Å². The molecule has 3 atom stereocenters. The molecular weight excluding hydrogens is 396 g/mol. The number of nitrogens with zero attached hydrogens (tertiary/aromatic N) is 5. The number of carbonyl (C=O) groups excluding carboxylic acids is 1. The van der Waals surface area contributed by atoms with Crippen LogP contribution in [0.2, 0.25) is 0 Å². The number of carbonyl (C=O) groups is 1. The van der Waals surface area contributed by atoms with Crippen molar-refractivity contribution in [3.05, 3.63) is 48.4 Å². The number of hydrogen-bond donors (Lipinski definition) is 2. The summed E-state index contributed by atoms with van der Waals surface area (Å²) in [5, 5.41) is 22.6. The summed E-state index contributed by atoms with van der Waals surface area (Å²) in [6.07, 6.45) is 7.36. The maximum Gasteiger partial charge on any atom is 0.260 e. The lowest BCUT2D eigenvalue weighted by atomic mass is 9.84. The standard InChI is InChI=1S/C22H24N6O3/c1-13-8-15(29)5-6-18(13)27-12-14-9-16(19(31-2)10-17(14)26-27)22(30)25-21-11-23-20-4-3-7-24-28(20)21/h3-4,7,9-13,15,18,29H,5-6,8H2,1-2H3,(H,25,30)/t13-,15-,18-/m1/s1. The van der Waals surface area contributed by atoms with Gasteiger partial charge in [0, 0.05) is 23.8 Å². The summed E-state index contributed by atoms with van der Waals surface area (Å²) < 4.78 is 9.03. The zero-order valence-corrected chi connectivity index (χ0v) is 17.4. The molecule has 0 bridgehead atoms. The van der Waals surface area contributed by atoms with E-state index in [-0.39, 0.29) is 18.1 Å². The van der Waals surface area contributed by atoms with E-state index in [2.05, 4.69) is 22.3 Å². The fraction of sp³-hybridized carbons (Fsp3) is 0.364. The van der Waals surface area contributed by atoms with Gasteiger partial charge in [-0.3, -0.25) is 9.48 Å². The van der Waals surface area contributed by atoms with Gasteiger partial charge in [-0.2, -0.15) is 14.7 Å². The van der Waals surface area contributed by atoms with E-state index in [9.17, 15) is 9.90 Å². The van der Waals surface area contributed by atoms with Crippen LogP contribution >= 0.6 is 0 Å². The summed E-state index contributed by atoms with van der Waals surface area (Å²) in [5.74, 6) is 0.940. The summed E-state index contributed by atoms with van der Waals surface area (Å²) in [7, 11) is 1.54. The number of imidazole rings is 1. The van der Waals surface area contributed by atoms with Crippen molar-refractivity contribution in [2.45, 2.75) is 38.3 Å². The Balaban J connectivity index is 1.47. The monoisotopic (exact) mass is 420 g/mol. The summed E-state index contributed by atoms with van der Waals surface area (Å²) in [4.78, 5) is 17.3. The van der Waals surface area contributed by atoms with Crippen LogP contribution in [0.3, 0.4) is 0 Å². The average Bonchev–Trinajstić information content (AvgIpc) is 3.36. The molecule has 3 heterocycles. The molecule has 9 heteroatoms. The minimum Gasteiger partial charge on any atom is -0.496 e. The molecule has 0 radical (unpaired) electrons. The number of ether oxygens (including phenoxy) is 1. The quantitative estimate of drug-likeness (QED) is 0.526. The third-order valence-electron chi connectivity index (χ3n) is 6.04. The lowest BCUT2D eigenvalue weighted by Crippen LogP contribution is -2.28. The molecule has 0 saturated heterocycles. The summed E-state index contributed by atoms with van der Waals surface area (Å²) in [6, 6.07) is 7.41. The molecule has 1 aliphatic rings. The van der Waals surface area contributed by atoms with Crippen LogP contribution < -0.4 is 10.1 Å². The van der Waals surface area contributed by atoms with Crippen LogP contribution in [0.15, 0.2) is 42.9 Å². The molecule has 0 aliphatic heterocycles. The van der Waals surface area contributed by atoms with Crippen LogP contribution in [0.25, 0.3) is 16.6 Å². The van der Waals surface area contributed by atoms with E-state index in [1.165, 1.54) is 7.11 Å². The predicted octanol–water partition coefficient (Wildman–Crippen LogP) is 3.06. The Morgan fingerprint density at radius 1 is 1.32 bits per heavy atom. The molecule has 3 aromatic heterocycles. The number of hydrogen-bond acceptors (Lipinski definition) is 6. The lowest BCUT2D eigenvalue weighted by molar-refractivity contribution is 0.0750. The molecule has 5 rings (SSSR count). The highest BCUT2D eigenvalue weighted by Gasteiger charge is 2.28. The number of rotatable bonds is 4. The second kappa shape index (κ2) is 7.66. The van der Waals surface area contributed by atoms with Gasteiger partial charge < -0.3 is 15.2 Å². The highest BCUT2D eigenvalue weighted by Crippen LogP contribution is 2.35. The van der Waals surface area contributed by atoms with Gasteiger partial charge in [0.15, 0.2) is 11.5 Å². The third-order valence-corrected chi connectivity index (χ3v) is 6.04. The zero-order valence-electron chi connectivity index (χ0n) is 17.4. The second-order valence-corrected chi connectivity index (χ2v) is 8.12. The molecule has 0 spiro atoms. The number of aliphatic hydroxyl groups is 1. The van der Waals surface area contributed by atoms with Gasteiger partial charge in [-0.05, 0) is 43.4 Å². The molecule has 9 nitrogen and oxygen atoms in total. The molecule has 160 valence electrons. The van der Waals surface area contributed by atoms with E-state index in [4.69, 9.17) is 9.84 Å². The number of fused-ring (bicyclic) bond motifs is 2. The highest BCUT2D eigenvalue weighted by atomic mass is 16.5. The summed E-state index contributed by atoms with van der Waals surface area (Å²) in [6.45, 7) is 2.14. The Morgan fingerprint density at radius 2 is 2.19 bits per heavy atom. The number of nitrogens with one attached hydrogen (secondary N) is 1. The molecular formula is C22H24N6O3. The number of aliphatic hydroxyl groups excluding tert-OH is 1. The first-order valence-corrected chi connectivity index (χ1v) is 10.4. The molecule has 2 N–H and O–H groups in total. The van der Waals surface area contributed by atoms with Crippen LogP contribution in [0.4, 0.5) is 5.82 Å². The summed E-state index contributed by atoms with van der Waals surface area (Å²) >= 11 is 0. The fourth-order valence-electron chi connectivity index (χ4n) is 4.43. The van der Waals surface area contributed by atoms with Crippen molar-refractivity contribution in [2.75, 3.05) is 12.4 Å². The Kier molecular flexibility index (Phi) is 4.82. The number of aromatic nitrogens is 5. The third kappa shape index (κ3) is 3.50. The molecule has 4 aromatic rings. The normalized spacial score (nSPS) is 21.5. The minimum atomic E-state index is -0.312. The molecule has 1 fully saturated rings. The van der Waals surface area contributed by atoms with E-state index in [1.807, 2.05) is 16.9 Å². The molecule has 1 aliphatic carbocycles. The molecule has 1 saturated carbocycles. The predicted molar refractivity (Wildman–Crippen MR) is 115 cm³/mol. The van der Waals surface area contributed by atoms with Crippen molar-refractivity contribution in [3.63, 3.8) is 0 Å². The van der Waals surface area contributed by atoms with Crippen LogP contribution in [0.1, 0.15) is 42.6 Å². The fourth-order valence-corrected chi connectivity index (χ4v) is 4.43. The first kappa shape index (κ1) is 19.5. The first-order chi connectivity index (χ1) is 15.0. The SMILES string of the molecule is COc1cc2nn([C@@H]3CC[C@@H](O)C[C@H]3C)cc2cc1C(=O)Nc1cnc2cccnn12. The van der Waals surface area contributed by atoms with Crippen molar-refractivity contribution in [1.82, 2.24) is 24.4 Å². The van der Waals surface area contributed by atoms with Crippen molar-refractivity contribution in [3.8, 4) is 5.75 Å². The maximum atomic E-state index is 13.1. The molecule has 1 aromatic carbocycles. The van der Waals surface area contributed by atoms with Crippen LogP contribution in [0, 0.1) is 5.92 Å². The van der Waals surface area contributed by atoms with Gasteiger partial charge >= 0.3 is 0 Å². The van der Waals surface area contributed by atoms with Crippen LogP contribution in [0.5, 0.6) is 5.75 Å². The van der Waals surface area contributed by atoms with Gasteiger partial charge in [0.2, 0.25) is 0 Å². The van der Waals surface area contributed by atoms with Gasteiger partial charge in [0.1, 0.15) is 5.75 Å². The molecule has 0 unspecified atom stereocenters. The Morgan fingerprint density at radius 3 is 3.00 bits per heavy atom. The Hall–Kier alpha value is -3.46. The van der Waals surface area contributed by atoms with Gasteiger partial charge in [-0.1, -0.05) is 6.92 Å². The summed E-state index contributed by atoms with van der Waals surface area (Å²) in [5.41, 5.74) is 1.82. The van der Waals surface area contributed by atoms with Gasteiger partial charge in [-0.25, -0.2) is 4.98 Å². The Bertz CT molecular complexity index is 1260. The lowest BCUT2D eigenvalue weighted by Gasteiger charge is -2.31. The zero-order chi connectivity index (χ0) is 21.5. The van der Waals surface area contributed by atoms with E-state index >= 15 is 0 Å². The van der Waals surface area contributed by atoms with Crippen molar-refractivity contribution >= 4 is 28.3 Å². The number of anilines is 1. The first-order valence-electron chi connectivity index (χ1n) is 10.4. The molecule has 31 heavy (non-hydrogen) atoms. The van der Waals surface area contributed by atoms with Crippen molar-refractivity contribution in [1.29, 1.82) is 0 Å². The van der Waals surface area contributed by atoms with E-state index in [0.29, 0.717) is 28.7 Å². The van der Waals surface area contributed by atoms with Crippen LogP contribution in [-0.4, -0.2) is 48.6 Å². The average molecular weight is 420 g/mol. The van der Waals surface area contributed by atoms with Crippen molar-refractivity contribution < 1.29 is 14.6 Å². The van der Waals surface area contributed by atoms with E-state index in [1.54, 1.807) is 35.1 Å². The second-order valence-electron chi connectivity index (χ2n) is 8.12. The minimum absolute atomic E-state index is 0.225. The van der Waals surface area contributed by atoms with Gasteiger partial charge in [0.05, 0.1) is 36.5 Å². The van der Waals surface area contributed by atoms with E-state index in [0.717, 1.165) is 30.2 Å². The van der Waals surface area contributed by atoms with Crippen LogP contribution in [-0.2, 0) is 0 Å².